The van der Waals surface area contributed by atoms with Gasteiger partial charge in [0.1, 0.15) is 5.52 Å². The Balaban J connectivity index is 1.07. The fourth-order valence-electron chi connectivity index (χ4n) is 4.28. The van der Waals surface area contributed by atoms with Crippen molar-refractivity contribution in [1.29, 1.82) is 0 Å². The van der Waals surface area contributed by atoms with Crippen LogP contribution in [-0.2, 0) is 17.9 Å². The highest BCUT2D eigenvalue weighted by Crippen LogP contribution is 2.26. The normalized spacial score (nSPS) is 13.9. The van der Waals surface area contributed by atoms with Crippen LogP contribution in [0.2, 0.25) is 0 Å². The van der Waals surface area contributed by atoms with Crippen molar-refractivity contribution in [3.8, 4) is 0 Å². The molecule has 0 saturated carbocycles. The van der Waals surface area contributed by atoms with Crippen molar-refractivity contribution in [3.05, 3.63) is 84.2 Å². The van der Waals surface area contributed by atoms with Crippen LogP contribution in [0.1, 0.15) is 24.0 Å². The van der Waals surface area contributed by atoms with Crippen LogP contribution in [-0.4, -0.2) is 35.0 Å². The second-order valence-electron chi connectivity index (χ2n) is 8.81. The first-order valence-corrected chi connectivity index (χ1v) is 12.0. The number of pyridine rings is 1. The van der Waals surface area contributed by atoms with Crippen molar-refractivity contribution in [1.82, 2.24) is 20.6 Å². The molecule has 36 heavy (non-hydrogen) atoms. The standard InChI is InChI=1S/C27H28N6O3/c34-25(21-10-14-33(15-11-21)27-32-23-6-1-2-7-24(23)36-27)29-18-20-4-3-5-22(16-20)31-26(35)30-17-19-8-12-28-13-9-19/h1-9,12-13,16,21H,10-11,14-15,17-18H2,(H,29,34)(H2,30,31,35). The molecule has 0 aliphatic carbocycles. The minimum Gasteiger partial charge on any atom is -0.423 e. The molecule has 9 heteroatoms. The quantitative estimate of drug-likeness (QED) is 0.364. The molecule has 2 aromatic carbocycles. The number of nitrogens with one attached hydrogen (secondary N) is 3. The molecule has 1 fully saturated rings. The van der Waals surface area contributed by atoms with Crippen LogP contribution in [0.25, 0.3) is 11.1 Å². The second-order valence-corrected chi connectivity index (χ2v) is 8.81. The summed E-state index contributed by atoms with van der Waals surface area (Å²) in [6.45, 7) is 2.26. The number of para-hydroxylation sites is 2. The van der Waals surface area contributed by atoms with Gasteiger partial charge in [-0.2, -0.15) is 4.98 Å². The molecule has 0 unspecified atom stereocenters. The predicted octanol–water partition coefficient (Wildman–Crippen LogP) is 4.08. The third kappa shape index (κ3) is 5.80. The molecule has 1 aliphatic rings. The van der Waals surface area contributed by atoms with Gasteiger partial charge < -0.3 is 25.3 Å². The zero-order valence-corrected chi connectivity index (χ0v) is 19.8. The van der Waals surface area contributed by atoms with Crippen molar-refractivity contribution in [2.75, 3.05) is 23.3 Å². The first-order chi connectivity index (χ1) is 17.6. The number of anilines is 2. The van der Waals surface area contributed by atoms with Crippen LogP contribution < -0.4 is 20.9 Å². The number of piperidine rings is 1. The van der Waals surface area contributed by atoms with E-state index in [-0.39, 0.29) is 17.9 Å². The Bertz CT molecular complexity index is 1300. The highest BCUT2D eigenvalue weighted by Gasteiger charge is 2.27. The van der Waals surface area contributed by atoms with E-state index in [0.29, 0.717) is 24.8 Å². The van der Waals surface area contributed by atoms with E-state index in [1.165, 1.54) is 0 Å². The summed E-state index contributed by atoms with van der Waals surface area (Å²) in [5, 5.41) is 8.70. The highest BCUT2D eigenvalue weighted by atomic mass is 16.4. The summed E-state index contributed by atoms with van der Waals surface area (Å²) in [6.07, 6.45) is 4.86. The maximum atomic E-state index is 12.8. The van der Waals surface area contributed by atoms with E-state index in [2.05, 4.69) is 30.8 Å². The third-order valence-electron chi connectivity index (χ3n) is 6.27. The van der Waals surface area contributed by atoms with E-state index >= 15 is 0 Å². The van der Waals surface area contributed by atoms with Crippen LogP contribution >= 0.6 is 0 Å². The maximum absolute atomic E-state index is 12.8. The number of nitrogens with zero attached hydrogens (tertiary/aromatic N) is 3. The van der Waals surface area contributed by atoms with Gasteiger partial charge in [-0.25, -0.2) is 4.79 Å². The smallest absolute Gasteiger partial charge is 0.319 e. The van der Waals surface area contributed by atoms with Crippen molar-refractivity contribution < 1.29 is 14.0 Å². The fourth-order valence-corrected chi connectivity index (χ4v) is 4.28. The Hall–Kier alpha value is -4.40. The molecule has 2 aromatic heterocycles. The summed E-state index contributed by atoms with van der Waals surface area (Å²) in [5.74, 6) is -0.00780. The lowest BCUT2D eigenvalue weighted by Crippen LogP contribution is -2.40. The zero-order valence-electron chi connectivity index (χ0n) is 19.8. The van der Waals surface area contributed by atoms with Gasteiger partial charge in [-0.1, -0.05) is 24.3 Å². The number of fused-ring (bicyclic) bond motifs is 1. The number of rotatable bonds is 7. The molecule has 184 valence electrons. The summed E-state index contributed by atoms with van der Waals surface area (Å²) in [6, 6.07) is 19.2. The lowest BCUT2D eigenvalue weighted by Gasteiger charge is -2.30. The van der Waals surface area contributed by atoms with E-state index in [1.54, 1.807) is 12.4 Å². The number of urea groups is 1. The molecule has 4 aromatic rings. The van der Waals surface area contributed by atoms with E-state index < -0.39 is 0 Å². The number of carbonyl (C=O) groups is 2. The Kier molecular flexibility index (Phi) is 7.07. The lowest BCUT2D eigenvalue weighted by atomic mass is 9.96. The summed E-state index contributed by atoms with van der Waals surface area (Å²) in [5.41, 5.74) is 4.17. The third-order valence-corrected chi connectivity index (χ3v) is 6.27. The van der Waals surface area contributed by atoms with E-state index in [0.717, 1.165) is 48.2 Å². The molecule has 9 nitrogen and oxygen atoms in total. The van der Waals surface area contributed by atoms with E-state index in [4.69, 9.17) is 4.42 Å². The summed E-state index contributed by atoms with van der Waals surface area (Å²) in [7, 11) is 0. The minimum absolute atomic E-state index is 0.0423. The van der Waals surface area contributed by atoms with Crippen molar-refractivity contribution in [3.63, 3.8) is 0 Å². The van der Waals surface area contributed by atoms with Gasteiger partial charge in [-0.3, -0.25) is 9.78 Å². The lowest BCUT2D eigenvalue weighted by molar-refractivity contribution is -0.125. The monoisotopic (exact) mass is 484 g/mol. The van der Waals surface area contributed by atoms with Crippen LogP contribution in [0.5, 0.6) is 0 Å². The van der Waals surface area contributed by atoms with Crippen LogP contribution in [0.15, 0.2) is 77.5 Å². The summed E-state index contributed by atoms with van der Waals surface area (Å²) in [4.78, 5) is 35.6. The Morgan fingerprint density at radius 2 is 1.69 bits per heavy atom. The second kappa shape index (κ2) is 10.9. The molecular weight excluding hydrogens is 456 g/mol. The van der Waals surface area contributed by atoms with Gasteiger partial charge in [-0.05, 0) is 60.4 Å². The van der Waals surface area contributed by atoms with E-state index in [1.807, 2.05) is 60.7 Å². The number of aromatic nitrogens is 2. The number of amides is 3. The van der Waals surface area contributed by atoms with Gasteiger partial charge in [0.05, 0.1) is 0 Å². The topological polar surface area (TPSA) is 112 Å². The van der Waals surface area contributed by atoms with Gasteiger partial charge in [0.2, 0.25) is 5.91 Å². The minimum atomic E-state index is -0.293. The van der Waals surface area contributed by atoms with Gasteiger partial charge >= 0.3 is 6.03 Å². The largest absolute Gasteiger partial charge is 0.423 e. The predicted molar refractivity (Wildman–Crippen MR) is 137 cm³/mol. The highest BCUT2D eigenvalue weighted by molar-refractivity contribution is 5.89. The Morgan fingerprint density at radius 3 is 2.50 bits per heavy atom. The van der Waals surface area contributed by atoms with Crippen LogP contribution in [0.4, 0.5) is 16.5 Å². The number of hydrogen-bond donors (Lipinski definition) is 3. The van der Waals surface area contributed by atoms with Gasteiger partial charge in [-0.15, -0.1) is 0 Å². The molecule has 0 radical (unpaired) electrons. The molecule has 1 aliphatic heterocycles. The average molecular weight is 485 g/mol. The Labute approximate surface area is 208 Å². The maximum Gasteiger partial charge on any atom is 0.319 e. The number of benzene rings is 2. The molecule has 3 N–H and O–H groups in total. The SMILES string of the molecule is O=C(NCc1ccncc1)Nc1cccc(CNC(=O)C2CCN(c3nc4ccccc4o3)CC2)c1. The molecule has 3 amide bonds. The summed E-state index contributed by atoms with van der Waals surface area (Å²) < 4.78 is 5.86. The van der Waals surface area contributed by atoms with E-state index in [9.17, 15) is 9.59 Å². The molecule has 5 rings (SSSR count). The van der Waals surface area contributed by atoms with Crippen LogP contribution in [0, 0.1) is 5.92 Å². The van der Waals surface area contributed by atoms with Crippen LogP contribution in [0.3, 0.4) is 0 Å². The molecule has 0 atom stereocenters. The van der Waals surface area contributed by atoms with Crippen molar-refractivity contribution >= 4 is 34.7 Å². The summed E-state index contributed by atoms with van der Waals surface area (Å²) >= 11 is 0. The Morgan fingerprint density at radius 1 is 0.917 bits per heavy atom. The number of carbonyl (C=O) groups excluding carboxylic acids is 2. The fraction of sp³-hybridized carbons (Fsp3) is 0.259. The average Bonchev–Trinajstić information content (AvgIpc) is 3.36. The molecule has 0 bridgehead atoms. The van der Waals surface area contributed by atoms with Gasteiger partial charge in [0.25, 0.3) is 6.01 Å². The molecule has 0 spiro atoms. The first-order valence-electron chi connectivity index (χ1n) is 12.0. The zero-order chi connectivity index (χ0) is 24.7. The van der Waals surface area contributed by atoms with Gasteiger partial charge in [0, 0.05) is 50.2 Å². The van der Waals surface area contributed by atoms with Gasteiger partial charge in [0.15, 0.2) is 5.58 Å². The number of oxazole rings is 1. The molecular formula is C27H28N6O3. The van der Waals surface area contributed by atoms with Crippen molar-refractivity contribution in [2.45, 2.75) is 25.9 Å². The van der Waals surface area contributed by atoms with Crippen molar-refractivity contribution in [2.24, 2.45) is 5.92 Å². The number of hydrogen-bond acceptors (Lipinski definition) is 6. The first kappa shape index (κ1) is 23.3. The molecule has 3 heterocycles. The molecule has 1 saturated heterocycles.